The van der Waals surface area contributed by atoms with Crippen LogP contribution >= 0.6 is 15.9 Å². The largest absolute Gasteiger partial charge is 0.497 e. The van der Waals surface area contributed by atoms with Gasteiger partial charge in [0.15, 0.2) is 0 Å². The van der Waals surface area contributed by atoms with Crippen molar-refractivity contribution < 1.29 is 4.74 Å². The molecule has 1 aromatic rings. The highest BCUT2D eigenvalue weighted by Crippen LogP contribution is 2.12. The van der Waals surface area contributed by atoms with Gasteiger partial charge in [-0.05, 0) is 38.0 Å². The van der Waals surface area contributed by atoms with Gasteiger partial charge in [-0.1, -0.05) is 28.1 Å². The van der Waals surface area contributed by atoms with Gasteiger partial charge < -0.3 is 4.74 Å². The summed E-state index contributed by atoms with van der Waals surface area (Å²) in [5.41, 5.74) is 1.37. The lowest BCUT2D eigenvalue weighted by atomic mass is 10.1. The van der Waals surface area contributed by atoms with Gasteiger partial charge in [0.2, 0.25) is 0 Å². The van der Waals surface area contributed by atoms with Gasteiger partial charge in [-0.15, -0.1) is 0 Å². The molecular formula is C14H22BrNO. The van der Waals surface area contributed by atoms with Crippen LogP contribution in [0.3, 0.4) is 0 Å². The molecule has 0 amide bonds. The molecule has 0 aromatic heterocycles. The zero-order chi connectivity index (χ0) is 12.7. The SMILES string of the molecule is COc1ccc(CCN(CCBr)C(C)C)cc1. The summed E-state index contributed by atoms with van der Waals surface area (Å²) in [6.07, 6.45) is 1.09. The van der Waals surface area contributed by atoms with Gasteiger partial charge in [0, 0.05) is 24.5 Å². The van der Waals surface area contributed by atoms with E-state index in [-0.39, 0.29) is 0 Å². The molecule has 0 spiro atoms. The molecule has 1 aromatic carbocycles. The maximum atomic E-state index is 5.15. The minimum atomic E-state index is 0.603. The van der Waals surface area contributed by atoms with Crippen LogP contribution in [0.1, 0.15) is 19.4 Å². The lowest BCUT2D eigenvalue weighted by Gasteiger charge is -2.25. The monoisotopic (exact) mass is 299 g/mol. The Bertz CT molecular complexity index is 311. The van der Waals surface area contributed by atoms with Crippen molar-refractivity contribution >= 4 is 15.9 Å². The van der Waals surface area contributed by atoms with Gasteiger partial charge in [0.05, 0.1) is 7.11 Å². The Labute approximate surface area is 113 Å². The quantitative estimate of drug-likeness (QED) is 0.716. The average Bonchev–Trinajstić information content (AvgIpc) is 2.34. The van der Waals surface area contributed by atoms with Crippen molar-refractivity contribution in [2.24, 2.45) is 0 Å². The second-order valence-electron chi connectivity index (χ2n) is 4.42. The van der Waals surface area contributed by atoms with E-state index in [1.807, 2.05) is 12.1 Å². The molecule has 96 valence electrons. The summed E-state index contributed by atoms with van der Waals surface area (Å²) in [5, 5.41) is 1.04. The highest BCUT2D eigenvalue weighted by molar-refractivity contribution is 9.09. The Hall–Kier alpha value is -0.540. The lowest BCUT2D eigenvalue weighted by Crippen LogP contribution is -2.34. The summed E-state index contributed by atoms with van der Waals surface area (Å²) in [6, 6.07) is 8.95. The number of benzene rings is 1. The number of hydrogen-bond donors (Lipinski definition) is 0. The molecule has 0 heterocycles. The van der Waals surface area contributed by atoms with Crippen LogP contribution in [0.15, 0.2) is 24.3 Å². The molecule has 0 fully saturated rings. The molecule has 0 aliphatic carbocycles. The van der Waals surface area contributed by atoms with Crippen molar-refractivity contribution in [3.05, 3.63) is 29.8 Å². The first-order valence-corrected chi connectivity index (χ1v) is 7.22. The van der Waals surface area contributed by atoms with Crippen molar-refractivity contribution in [1.29, 1.82) is 0 Å². The predicted molar refractivity (Wildman–Crippen MR) is 77.2 cm³/mol. The third kappa shape index (κ3) is 5.09. The van der Waals surface area contributed by atoms with Crippen LogP contribution in [0.5, 0.6) is 5.75 Å². The number of hydrogen-bond acceptors (Lipinski definition) is 2. The standard InChI is InChI=1S/C14H22BrNO/c1-12(2)16(11-9-15)10-8-13-4-6-14(17-3)7-5-13/h4-7,12H,8-11H2,1-3H3. The van der Waals surface area contributed by atoms with E-state index in [9.17, 15) is 0 Å². The van der Waals surface area contributed by atoms with E-state index < -0.39 is 0 Å². The second kappa shape index (κ2) is 7.72. The molecular weight excluding hydrogens is 278 g/mol. The fourth-order valence-electron chi connectivity index (χ4n) is 1.80. The van der Waals surface area contributed by atoms with E-state index >= 15 is 0 Å². The fourth-order valence-corrected chi connectivity index (χ4v) is 2.26. The van der Waals surface area contributed by atoms with E-state index in [0.29, 0.717) is 6.04 Å². The topological polar surface area (TPSA) is 12.5 Å². The van der Waals surface area contributed by atoms with E-state index in [1.54, 1.807) is 7.11 Å². The Morgan fingerprint density at radius 2 is 1.82 bits per heavy atom. The van der Waals surface area contributed by atoms with Crippen LogP contribution in [0.2, 0.25) is 0 Å². The summed E-state index contributed by atoms with van der Waals surface area (Å²) < 4.78 is 5.15. The van der Waals surface area contributed by atoms with Gasteiger partial charge in [-0.2, -0.15) is 0 Å². The minimum absolute atomic E-state index is 0.603. The number of halogens is 1. The molecule has 0 aliphatic heterocycles. The highest BCUT2D eigenvalue weighted by atomic mass is 79.9. The van der Waals surface area contributed by atoms with E-state index in [2.05, 4.69) is 46.8 Å². The lowest BCUT2D eigenvalue weighted by molar-refractivity contribution is 0.239. The number of nitrogens with zero attached hydrogens (tertiary/aromatic N) is 1. The third-order valence-corrected chi connectivity index (χ3v) is 3.30. The van der Waals surface area contributed by atoms with Gasteiger partial charge in [-0.3, -0.25) is 4.90 Å². The molecule has 0 unspecified atom stereocenters. The number of rotatable bonds is 7. The smallest absolute Gasteiger partial charge is 0.118 e. The van der Waals surface area contributed by atoms with Crippen molar-refractivity contribution in [2.45, 2.75) is 26.3 Å². The first-order valence-electron chi connectivity index (χ1n) is 6.10. The second-order valence-corrected chi connectivity index (χ2v) is 5.21. The molecule has 3 heteroatoms. The molecule has 1 rings (SSSR count). The Balaban J connectivity index is 2.47. The Kier molecular flexibility index (Phi) is 6.60. The maximum absolute atomic E-state index is 5.15. The van der Waals surface area contributed by atoms with Crippen molar-refractivity contribution in [3.63, 3.8) is 0 Å². The molecule has 0 atom stereocenters. The van der Waals surface area contributed by atoms with Gasteiger partial charge in [-0.25, -0.2) is 0 Å². The van der Waals surface area contributed by atoms with Crippen molar-refractivity contribution in [3.8, 4) is 5.75 Å². The Morgan fingerprint density at radius 3 is 2.29 bits per heavy atom. The fraction of sp³-hybridized carbons (Fsp3) is 0.571. The molecule has 0 bridgehead atoms. The van der Waals surface area contributed by atoms with Gasteiger partial charge in [0.25, 0.3) is 0 Å². The molecule has 0 aliphatic rings. The Morgan fingerprint density at radius 1 is 1.18 bits per heavy atom. The molecule has 17 heavy (non-hydrogen) atoms. The van der Waals surface area contributed by atoms with Crippen LogP contribution in [0.25, 0.3) is 0 Å². The summed E-state index contributed by atoms with van der Waals surface area (Å²) in [4.78, 5) is 2.49. The predicted octanol–water partition coefficient (Wildman–Crippen LogP) is 3.34. The first-order chi connectivity index (χ1) is 8.17. The van der Waals surface area contributed by atoms with Crippen LogP contribution in [-0.4, -0.2) is 36.5 Å². The van der Waals surface area contributed by atoms with Gasteiger partial charge in [0.1, 0.15) is 5.75 Å². The number of ether oxygens (including phenoxy) is 1. The third-order valence-electron chi connectivity index (χ3n) is 2.95. The summed E-state index contributed by atoms with van der Waals surface area (Å²) in [5.74, 6) is 0.926. The molecule has 2 nitrogen and oxygen atoms in total. The van der Waals surface area contributed by atoms with Crippen molar-refractivity contribution in [2.75, 3.05) is 25.5 Å². The maximum Gasteiger partial charge on any atom is 0.118 e. The molecule has 0 saturated heterocycles. The zero-order valence-electron chi connectivity index (χ0n) is 10.9. The van der Waals surface area contributed by atoms with Gasteiger partial charge >= 0.3 is 0 Å². The summed E-state index contributed by atoms with van der Waals surface area (Å²) >= 11 is 3.51. The number of alkyl halides is 1. The molecule has 0 saturated carbocycles. The minimum Gasteiger partial charge on any atom is -0.497 e. The van der Waals surface area contributed by atoms with E-state index in [1.165, 1.54) is 5.56 Å². The summed E-state index contributed by atoms with van der Waals surface area (Å²) in [6.45, 7) is 6.71. The highest BCUT2D eigenvalue weighted by Gasteiger charge is 2.08. The average molecular weight is 300 g/mol. The van der Waals surface area contributed by atoms with E-state index in [0.717, 1.165) is 30.6 Å². The van der Waals surface area contributed by atoms with Crippen LogP contribution in [0.4, 0.5) is 0 Å². The van der Waals surface area contributed by atoms with Crippen LogP contribution < -0.4 is 4.74 Å². The molecule has 0 radical (unpaired) electrons. The van der Waals surface area contributed by atoms with Crippen LogP contribution in [-0.2, 0) is 6.42 Å². The normalized spacial score (nSPS) is 11.2. The first kappa shape index (κ1) is 14.5. The number of methoxy groups -OCH3 is 1. The van der Waals surface area contributed by atoms with Crippen molar-refractivity contribution in [1.82, 2.24) is 4.90 Å². The van der Waals surface area contributed by atoms with Crippen LogP contribution in [0, 0.1) is 0 Å². The zero-order valence-corrected chi connectivity index (χ0v) is 12.5. The van der Waals surface area contributed by atoms with E-state index in [4.69, 9.17) is 4.74 Å². The summed E-state index contributed by atoms with van der Waals surface area (Å²) in [7, 11) is 1.70. The molecule has 0 N–H and O–H groups in total.